The van der Waals surface area contributed by atoms with Gasteiger partial charge in [0.25, 0.3) is 5.91 Å². The molecule has 1 aromatic carbocycles. The summed E-state index contributed by atoms with van der Waals surface area (Å²) in [6.45, 7) is 0.612. The van der Waals surface area contributed by atoms with Gasteiger partial charge in [0, 0.05) is 17.4 Å². The van der Waals surface area contributed by atoms with Crippen molar-refractivity contribution in [1.82, 2.24) is 5.32 Å². The normalized spacial score (nSPS) is 16.3. The van der Waals surface area contributed by atoms with Crippen LogP contribution in [-0.2, 0) is 0 Å². The van der Waals surface area contributed by atoms with Crippen molar-refractivity contribution in [2.45, 2.75) is 19.3 Å². The van der Waals surface area contributed by atoms with Gasteiger partial charge in [0.15, 0.2) is 0 Å². The molecule has 0 atom stereocenters. The summed E-state index contributed by atoms with van der Waals surface area (Å²) in [6, 6.07) is 4.47. The van der Waals surface area contributed by atoms with Crippen molar-refractivity contribution in [3.05, 3.63) is 28.8 Å². The summed E-state index contributed by atoms with van der Waals surface area (Å²) >= 11 is 11.4. The number of carbonyl (C=O) groups excluding carboxylic acids is 1. The maximum atomic E-state index is 11.9. The smallest absolute Gasteiger partial charge is 0.255 e. The Labute approximate surface area is 116 Å². The Morgan fingerprint density at radius 2 is 2.17 bits per heavy atom. The molecule has 0 heterocycles. The number of benzene rings is 1. The molecule has 0 radical (unpaired) electrons. The zero-order valence-corrected chi connectivity index (χ0v) is 11.4. The third kappa shape index (κ3) is 3.09. The van der Waals surface area contributed by atoms with Gasteiger partial charge in [-0.3, -0.25) is 4.79 Å². The number of hydrogen-bond acceptors (Lipinski definition) is 2. The van der Waals surface area contributed by atoms with E-state index in [9.17, 15) is 9.90 Å². The average Bonchev–Trinajstić information content (AvgIpc) is 3.07. The SMILES string of the molecule is O=C(NCC1(CCCl)CC1)c1ccc(Cl)cc1O. The molecule has 2 N–H and O–H groups in total. The van der Waals surface area contributed by atoms with Crippen molar-refractivity contribution in [2.75, 3.05) is 12.4 Å². The number of hydrogen-bond donors (Lipinski definition) is 2. The summed E-state index contributed by atoms with van der Waals surface area (Å²) in [4.78, 5) is 11.9. The number of halogens is 2. The fourth-order valence-electron chi connectivity index (χ4n) is 1.95. The lowest BCUT2D eigenvalue weighted by Gasteiger charge is -2.14. The summed E-state index contributed by atoms with van der Waals surface area (Å²) in [5.41, 5.74) is 0.431. The quantitative estimate of drug-likeness (QED) is 0.817. The molecule has 98 valence electrons. The molecule has 1 aromatic rings. The van der Waals surface area contributed by atoms with Crippen LogP contribution in [0.25, 0.3) is 0 Å². The first-order valence-corrected chi connectivity index (χ1v) is 6.80. The third-order valence-corrected chi connectivity index (χ3v) is 3.83. The van der Waals surface area contributed by atoms with Gasteiger partial charge in [0.2, 0.25) is 0 Å². The highest BCUT2D eigenvalue weighted by molar-refractivity contribution is 6.30. The first kappa shape index (κ1) is 13.5. The van der Waals surface area contributed by atoms with Crippen molar-refractivity contribution in [3.63, 3.8) is 0 Å². The van der Waals surface area contributed by atoms with E-state index in [-0.39, 0.29) is 22.6 Å². The standard InChI is InChI=1S/C13H15Cl2NO2/c14-6-5-13(3-4-13)8-16-12(18)10-2-1-9(15)7-11(10)17/h1-2,7,17H,3-6,8H2,(H,16,18). The molecule has 0 unspecified atom stereocenters. The zero-order valence-electron chi connectivity index (χ0n) is 9.88. The molecule has 0 spiro atoms. The molecule has 0 saturated heterocycles. The van der Waals surface area contributed by atoms with Crippen LogP contribution in [0.5, 0.6) is 5.75 Å². The second-order valence-electron chi connectivity index (χ2n) is 4.78. The van der Waals surface area contributed by atoms with E-state index >= 15 is 0 Å². The lowest BCUT2D eigenvalue weighted by atomic mass is 10.0. The predicted octanol–water partition coefficient (Wildman–Crippen LogP) is 3.18. The molecule has 18 heavy (non-hydrogen) atoms. The van der Waals surface area contributed by atoms with Crippen molar-refractivity contribution < 1.29 is 9.90 Å². The molecule has 2 rings (SSSR count). The summed E-state index contributed by atoms with van der Waals surface area (Å²) in [6.07, 6.45) is 3.13. The van der Waals surface area contributed by atoms with Gasteiger partial charge < -0.3 is 10.4 Å². The van der Waals surface area contributed by atoms with Crippen LogP contribution in [0, 0.1) is 5.41 Å². The first-order valence-electron chi connectivity index (χ1n) is 5.89. The van der Waals surface area contributed by atoms with Crippen LogP contribution in [0.1, 0.15) is 29.6 Å². The Morgan fingerprint density at radius 3 is 2.72 bits per heavy atom. The van der Waals surface area contributed by atoms with Gasteiger partial charge in [0.1, 0.15) is 5.75 Å². The zero-order chi connectivity index (χ0) is 13.2. The van der Waals surface area contributed by atoms with Crippen LogP contribution in [0.2, 0.25) is 5.02 Å². The molecule has 5 heteroatoms. The van der Waals surface area contributed by atoms with Gasteiger partial charge >= 0.3 is 0 Å². The number of nitrogens with one attached hydrogen (secondary N) is 1. The van der Waals surface area contributed by atoms with Crippen LogP contribution in [-0.4, -0.2) is 23.4 Å². The number of alkyl halides is 1. The van der Waals surface area contributed by atoms with E-state index in [0.717, 1.165) is 19.3 Å². The van der Waals surface area contributed by atoms with Crippen molar-refractivity contribution >= 4 is 29.1 Å². The maximum Gasteiger partial charge on any atom is 0.255 e. The van der Waals surface area contributed by atoms with Gasteiger partial charge in [-0.25, -0.2) is 0 Å². The highest BCUT2D eigenvalue weighted by atomic mass is 35.5. The van der Waals surface area contributed by atoms with Crippen molar-refractivity contribution in [3.8, 4) is 5.75 Å². The Kier molecular flexibility index (Phi) is 4.03. The van der Waals surface area contributed by atoms with Gasteiger partial charge in [0.05, 0.1) is 5.56 Å². The summed E-state index contributed by atoms with van der Waals surface area (Å²) in [5.74, 6) is 0.245. The second kappa shape index (κ2) is 5.37. The third-order valence-electron chi connectivity index (χ3n) is 3.41. The van der Waals surface area contributed by atoms with Gasteiger partial charge in [-0.2, -0.15) is 0 Å². The molecular formula is C13H15Cl2NO2. The summed E-state index contributed by atoms with van der Waals surface area (Å²) < 4.78 is 0. The van der Waals surface area contributed by atoms with E-state index < -0.39 is 0 Å². The number of carbonyl (C=O) groups is 1. The van der Waals surface area contributed by atoms with Crippen LogP contribution in [0.15, 0.2) is 18.2 Å². The van der Waals surface area contributed by atoms with Crippen molar-refractivity contribution in [2.24, 2.45) is 5.41 Å². The van der Waals surface area contributed by atoms with Crippen LogP contribution < -0.4 is 5.32 Å². The minimum Gasteiger partial charge on any atom is -0.507 e. The van der Waals surface area contributed by atoms with E-state index in [1.54, 1.807) is 6.07 Å². The first-order chi connectivity index (χ1) is 8.56. The Hall–Kier alpha value is -0.930. The minimum absolute atomic E-state index is 0.0952. The Bertz CT molecular complexity index is 458. The molecule has 1 amide bonds. The highest BCUT2D eigenvalue weighted by Crippen LogP contribution is 2.48. The van der Waals surface area contributed by atoms with E-state index in [1.165, 1.54) is 12.1 Å². The lowest BCUT2D eigenvalue weighted by molar-refractivity contribution is 0.0942. The molecule has 1 aliphatic carbocycles. The highest BCUT2D eigenvalue weighted by Gasteiger charge is 2.41. The summed E-state index contributed by atoms with van der Waals surface area (Å²) in [7, 11) is 0. The topological polar surface area (TPSA) is 49.3 Å². The molecule has 0 aliphatic heterocycles. The monoisotopic (exact) mass is 287 g/mol. The van der Waals surface area contributed by atoms with E-state index in [2.05, 4.69) is 5.32 Å². The largest absolute Gasteiger partial charge is 0.507 e. The molecule has 1 fully saturated rings. The van der Waals surface area contributed by atoms with Crippen LogP contribution in [0.3, 0.4) is 0 Å². The summed E-state index contributed by atoms with van der Waals surface area (Å²) in [5, 5.41) is 12.9. The van der Waals surface area contributed by atoms with E-state index in [4.69, 9.17) is 23.2 Å². The molecule has 1 aliphatic rings. The molecule has 3 nitrogen and oxygen atoms in total. The number of aromatic hydroxyl groups is 1. The Morgan fingerprint density at radius 1 is 1.44 bits per heavy atom. The van der Waals surface area contributed by atoms with E-state index in [1.807, 2.05) is 0 Å². The van der Waals surface area contributed by atoms with Crippen molar-refractivity contribution in [1.29, 1.82) is 0 Å². The lowest BCUT2D eigenvalue weighted by Crippen LogP contribution is -2.30. The van der Waals surface area contributed by atoms with Gasteiger partial charge in [-0.15, -0.1) is 11.6 Å². The minimum atomic E-state index is -0.273. The number of phenols is 1. The van der Waals surface area contributed by atoms with Crippen LogP contribution in [0.4, 0.5) is 0 Å². The molecule has 0 aromatic heterocycles. The van der Waals surface area contributed by atoms with Crippen LogP contribution >= 0.6 is 23.2 Å². The number of amides is 1. The van der Waals surface area contributed by atoms with Gasteiger partial charge in [-0.05, 0) is 42.9 Å². The fourth-order valence-corrected chi connectivity index (χ4v) is 2.52. The fraction of sp³-hybridized carbons (Fsp3) is 0.462. The maximum absolute atomic E-state index is 11.9. The van der Waals surface area contributed by atoms with Gasteiger partial charge in [-0.1, -0.05) is 11.6 Å². The number of phenolic OH excluding ortho intramolecular Hbond substituents is 1. The number of rotatable bonds is 5. The second-order valence-corrected chi connectivity index (χ2v) is 5.60. The molecular weight excluding hydrogens is 273 g/mol. The molecule has 1 saturated carbocycles. The molecule has 0 bridgehead atoms. The Balaban J connectivity index is 1.96. The average molecular weight is 288 g/mol. The predicted molar refractivity (Wildman–Crippen MR) is 72.5 cm³/mol. The van der Waals surface area contributed by atoms with E-state index in [0.29, 0.717) is 17.4 Å².